The number of aliphatic hydroxyl groups excluding tert-OH is 3. The summed E-state index contributed by atoms with van der Waals surface area (Å²) < 4.78 is 15.6. The Labute approximate surface area is 101 Å². The Hall–Kier alpha value is -0.240. The lowest BCUT2D eigenvalue weighted by Crippen LogP contribution is -2.59. The summed E-state index contributed by atoms with van der Waals surface area (Å²) in [7, 11) is 1.50. The Bertz CT molecular complexity index is 212. The first kappa shape index (κ1) is 14.8. The van der Waals surface area contributed by atoms with Gasteiger partial charge in [0.05, 0.1) is 6.61 Å². The maximum absolute atomic E-state index is 9.83. The largest absolute Gasteiger partial charge is 0.387 e. The molecule has 1 fully saturated rings. The molecule has 0 aromatic rings. The topological polar surface area (TPSA) is 88.4 Å². The van der Waals surface area contributed by atoms with Gasteiger partial charge in [-0.2, -0.15) is 0 Å². The first-order valence-electron chi connectivity index (χ1n) is 5.92. The number of ether oxygens (including phenoxy) is 3. The van der Waals surface area contributed by atoms with Gasteiger partial charge in [-0.05, 0) is 6.42 Å². The van der Waals surface area contributed by atoms with Crippen molar-refractivity contribution < 1.29 is 29.5 Å². The van der Waals surface area contributed by atoms with Crippen molar-refractivity contribution in [2.45, 2.75) is 50.5 Å². The molecule has 6 heteroatoms. The summed E-state index contributed by atoms with van der Waals surface area (Å²) in [6, 6.07) is 0. The second-order valence-electron chi connectivity index (χ2n) is 4.19. The summed E-state index contributed by atoms with van der Waals surface area (Å²) in [5.74, 6) is 0. The van der Waals surface area contributed by atoms with E-state index in [1.165, 1.54) is 7.11 Å². The number of aliphatic hydroxyl groups is 3. The van der Waals surface area contributed by atoms with Crippen LogP contribution in [-0.4, -0.2) is 66.3 Å². The summed E-state index contributed by atoms with van der Waals surface area (Å²) in [5, 5.41) is 28.7. The van der Waals surface area contributed by atoms with Crippen molar-refractivity contribution in [1.29, 1.82) is 0 Å². The minimum absolute atomic E-state index is 0.192. The lowest BCUT2D eigenvalue weighted by Gasteiger charge is -2.40. The fraction of sp³-hybridized carbons (Fsp3) is 1.00. The number of unbranched alkanes of at least 4 members (excludes halogenated alkanes) is 1. The van der Waals surface area contributed by atoms with Crippen LogP contribution in [0, 0.1) is 0 Å². The minimum Gasteiger partial charge on any atom is -0.387 e. The summed E-state index contributed by atoms with van der Waals surface area (Å²) >= 11 is 0. The van der Waals surface area contributed by atoms with E-state index in [2.05, 4.69) is 0 Å². The molecule has 0 aromatic heterocycles. The molecule has 1 aliphatic rings. The lowest BCUT2D eigenvalue weighted by atomic mass is 9.99. The number of hydrogen-bond acceptors (Lipinski definition) is 6. The van der Waals surface area contributed by atoms with Crippen LogP contribution in [0.25, 0.3) is 0 Å². The third kappa shape index (κ3) is 3.87. The smallest absolute Gasteiger partial charge is 0.184 e. The molecule has 5 unspecified atom stereocenters. The molecule has 0 aromatic carbocycles. The zero-order valence-corrected chi connectivity index (χ0v) is 10.3. The number of methoxy groups -OCH3 is 1. The Morgan fingerprint density at radius 2 is 1.88 bits per heavy atom. The van der Waals surface area contributed by atoms with Crippen molar-refractivity contribution in [1.82, 2.24) is 0 Å². The summed E-state index contributed by atoms with van der Waals surface area (Å²) in [4.78, 5) is 0. The van der Waals surface area contributed by atoms with E-state index < -0.39 is 30.7 Å². The average molecular weight is 250 g/mol. The summed E-state index contributed by atoms with van der Waals surface area (Å²) in [6.07, 6.45) is -3.35. The Morgan fingerprint density at radius 1 is 1.18 bits per heavy atom. The maximum atomic E-state index is 9.83. The van der Waals surface area contributed by atoms with Crippen molar-refractivity contribution in [3.05, 3.63) is 0 Å². The molecule has 1 heterocycles. The van der Waals surface area contributed by atoms with E-state index in [1.807, 2.05) is 6.92 Å². The second-order valence-corrected chi connectivity index (χ2v) is 4.19. The molecular weight excluding hydrogens is 228 g/mol. The van der Waals surface area contributed by atoms with Crippen LogP contribution < -0.4 is 0 Å². The Morgan fingerprint density at radius 3 is 2.47 bits per heavy atom. The predicted octanol–water partition coefficient (Wildman–Crippen LogP) is -0.743. The van der Waals surface area contributed by atoms with Gasteiger partial charge in [0.25, 0.3) is 0 Å². The Kier molecular flexibility index (Phi) is 6.32. The normalized spacial score (nSPS) is 38.3. The highest BCUT2D eigenvalue weighted by molar-refractivity contribution is 4.89. The van der Waals surface area contributed by atoms with Gasteiger partial charge in [-0.15, -0.1) is 0 Å². The van der Waals surface area contributed by atoms with Gasteiger partial charge in [-0.25, -0.2) is 0 Å². The first-order valence-corrected chi connectivity index (χ1v) is 5.92. The molecule has 0 saturated carbocycles. The molecule has 0 bridgehead atoms. The SMILES string of the molecule is CCCCOC1C(COC)OC(O)C(O)C1O. The van der Waals surface area contributed by atoms with Crippen LogP contribution in [0.1, 0.15) is 19.8 Å². The van der Waals surface area contributed by atoms with Gasteiger partial charge in [0, 0.05) is 13.7 Å². The van der Waals surface area contributed by atoms with E-state index in [4.69, 9.17) is 14.2 Å². The monoisotopic (exact) mass is 250 g/mol. The van der Waals surface area contributed by atoms with Crippen LogP contribution in [-0.2, 0) is 14.2 Å². The van der Waals surface area contributed by atoms with Crippen molar-refractivity contribution in [3.63, 3.8) is 0 Å². The van der Waals surface area contributed by atoms with Crippen LogP contribution in [0.2, 0.25) is 0 Å². The highest BCUT2D eigenvalue weighted by atomic mass is 16.7. The van der Waals surface area contributed by atoms with Crippen LogP contribution in [0.15, 0.2) is 0 Å². The highest BCUT2D eigenvalue weighted by Crippen LogP contribution is 2.22. The molecule has 102 valence electrons. The van der Waals surface area contributed by atoms with E-state index in [1.54, 1.807) is 0 Å². The van der Waals surface area contributed by atoms with Gasteiger partial charge >= 0.3 is 0 Å². The molecule has 0 amide bonds. The van der Waals surface area contributed by atoms with Gasteiger partial charge in [-0.1, -0.05) is 13.3 Å². The zero-order chi connectivity index (χ0) is 12.8. The standard InChI is InChI=1S/C11H22O6/c1-3-4-5-16-10-7(6-15-2)17-11(14)9(13)8(10)12/h7-14H,3-6H2,1-2H3. The molecule has 1 aliphatic heterocycles. The fourth-order valence-corrected chi connectivity index (χ4v) is 1.79. The molecular formula is C11H22O6. The summed E-state index contributed by atoms with van der Waals surface area (Å²) in [5.41, 5.74) is 0. The van der Waals surface area contributed by atoms with Crippen molar-refractivity contribution in [3.8, 4) is 0 Å². The molecule has 0 spiro atoms. The molecule has 1 saturated heterocycles. The average Bonchev–Trinajstić information content (AvgIpc) is 2.31. The van der Waals surface area contributed by atoms with E-state index >= 15 is 0 Å². The number of hydrogen-bond donors (Lipinski definition) is 3. The van der Waals surface area contributed by atoms with Gasteiger partial charge in [0.1, 0.15) is 24.4 Å². The summed E-state index contributed by atoms with van der Waals surface area (Å²) in [6.45, 7) is 2.70. The molecule has 1 rings (SSSR count). The van der Waals surface area contributed by atoms with Gasteiger partial charge in [0.2, 0.25) is 0 Å². The first-order chi connectivity index (χ1) is 8.11. The van der Waals surface area contributed by atoms with Crippen molar-refractivity contribution >= 4 is 0 Å². The van der Waals surface area contributed by atoms with Crippen molar-refractivity contribution in [2.24, 2.45) is 0 Å². The fourth-order valence-electron chi connectivity index (χ4n) is 1.79. The van der Waals surface area contributed by atoms with Gasteiger partial charge in [0.15, 0.2) is 6.29 Å². The van der Waals surface area contributed by atoms with Gasteiger partial charge < -0.3 is 29.5 Å². The quantitative estimate of drug-likeness (QED) is 0.538. The van der Waals surface area contributed by atoms with Crippen LogP contribution in [0.3, 0.4) is 0 Å². The molecule has 0 radical (unpaired) electrons. The molecule has 17 heavy (non-hydrogen) atoms. The number of rotatable bonds is 6. The van der Waals surface area contributed by atoms with Crippen LogP contribution in [0.5, 0.6) is 0 Å². The molecule has 6 nitrogen and oxygen atoms in total. The maximum Gasteiger partial charge on any atom is 0.184 e. The van der Waals surface area contributed by atoms with E-state index in [-0.39, 0.29) is 6.61 Å². The lowest BCUT2D eigenvalue weighted by molar-refractivity contribution is -0.295. The second kappa shape index (κ2) is 7.25. The zero-order valence-electron chi connectivity index (χ0n) is 10.3. The third-order valence-corrected chi connectivity index (χ3v) is 2.80. The molecule has 3 N–H and O–H groups in total. The molecule has 0 aliphatic carbocycles. The van der Waals surface area contributed by atoms with E-state index in [0.29, 0.717) is 6.61 Å². The van der Waals surface area contributed by atoms with Crippen molar-refractivity contribution in [2.75, 3.05) is 20.3 Å². The van der Waals surface area contributed by atoms with E-state index in [0.717, 1.165) is 12.8 Å². The highest BCUT2D eigenvalue weighted by Gasteiger charge is 2.44. The predicted molar refractivity (Wildman–Crippen MR) is 59.4 cm³/mol. The third-order valence-electron chi connectivity index (χ3n) is 2.80. The van der Waals surface area contributed by atoms with E-state index in [9.17, 15) is 15.3 Å². The van der Waals surface area contributed by atoms with Crippen LogP contribution >= 0.6 is 0 Å². The molecule has 5 atom stereocenters. The van der Waals surface area contributed by atoms with Crippen LogP contribution in [0.4, 0.5) is 0 Å². The van der Waals surface area contributed by atoms with Gasteiger partial charge in [-0.3, -0.25) is 0 Å². The minimum atomic E-state index is -1.41. The Balaban J connectivity index is 2.58.